The van der Waals surface area contributed by atoms with Crippen molar-refractivity contribution in [3.05, 3.63) is 47.3 Å². The Morgan fingerprint density at radius 1 is 1.14 bits per heavy atom. The number of alkyl halides is 3. The van der Waals surface area contributed by atoms with Gasteiger partial charge in [-0.1, -0.05) is 6.07 Å². The van der Waals surface area contributed by atoms with Crippen LogP contribution in [-0.4, -0.2) is 41.9 Å². The minimum absolute atomic E-state index is 0.0227. The first-order chi connectivity index (χ1) is 13.1. The maximum Gasteiger partial charge on any atom is 0.416 e. The van der Waals surface area contributed by atoms with Crippen molar-refractivity contribution >= 4 is 10.0 Å². The first-order valence-corrected chi connectivity index (χ1v) is 10.2. The van der Waals surface area contributed by atoms with Gasteiger partial charge in [0.2, 0.25) is 10.0 Å². The van der Waals surface area contributed by atoms with Gasteiger partial charge in [-0.2, -0.15) is 17.5 Å². The van der Waals surface area contributed by atoms with Gasteiger partial charge in [-0.05, 0) is 51.0 Å². The van der Waals surface area contributed by atoms with Crippen LogP contribution in [0.2, 0.25) is 0 Å². The van der Waals surface area contributed by atoms with Gasteiger partial charge >= 0.3 is 12.2 Å². The quantitative estimate of drug-likeness (QED) is 0.766. The molecule has 0 aliphatic carbocycles. The van der Waals surface area contributed by atoms with E-state index in [1.54, 1.807) is 19.9 Å². The van der Waals surface area contributed by atoms with Crippen LogP contribution in [0.1, 0.15) is 29.8 Å². The predicted octanol–water partition coefficient (Wildman–Crippen LogP) is 3.34. The number of rotatable bonds is 4. The van der Waals surface area contributed by atoms with Crippen molar-refractivity contribution in [2.45, 2.75) is 43.9 Å². The molecule has 1 aliphatic heterocycles. The highest BCUT2D eigenvalue weighted by molar-refractivity contribution is 7.89. The Hall–Kier alpha value is -2.20. The third-order valence-corrected chi connectivity index (χ3v) is 6.24. The molecule has 1 aromatic carbocycles. The zero-order chi connectivity index (χ0) is 20.5. The lowest BCUT2D eigenvalue weighted by molar-refractivity contribution is -0.137. The molecule has 1 unspecified atom stereocenters. The van der Waals surface area contributed by atoms with E-state index < -0.39 is 27.9 Å². The Labute approximate surface area is 161 Å². The van der Waals surface area contributed by atoms with Crippen LogP contribution in [0.5, 0.6) is 6.01 Å². The van der Waals surface area contributed by atoms with Crippen LogP contribution in [0, 0.1) is 13.8 Å². The topological polar surface area (TPSA) is 72.4 Å². The summed E-state index contributed by atoms with van der Waals surface area (Å²) in [5.74, 6) is 0. The molecule has 10 heteroatoms. The molecule has 3 rings (SSSR count). The maximum atomic E-state index is 12.9. The molecule has 0 amide bonds. The summed E-state index contributed by atoms with van der Waals surface area (Å²) in [7, 11) is -4.07. The number of halogens is 3. The molecular weight excluding hydrogens is 395 g/mol. The molecule has 0 N–H and O–H groups in total. The van der Waals surface area contributed by atoms with E-state index in [0.29, 0.717) is 18.9 Å². The van der Waals surface area contributed by atoms with E-state index in [1.807, 2.05) is 0 Å². The molecule has 1 saturated heterocycles. The number of benzene rings is 1. The Morgan fingerprint density at radius 2 is 1.82 bits per heavy atom. The van der Waals surface area contributed by atoms with Crippen molar-refractivity contribution in [1.29, 1.82) is 0 Å². The molecule has 1 aromatic heterocycles. The van der Waals surface area contributed by atoms with Crippen LogP contribution in [0.3, 0.4) is 0 Å². The second-order valence-corrected chi connectivity index (χ2v) is 8.64. The van der Waals surface area contributed by atoms with Gasteiger partial charge in [-0.3, -0.25) is 0 Å². The van der Waals surface area contributed by atoms with Crippen molar-refractivity contribution in [3.8, 4) is 6.01 Å². The lowest BCUT2D eigenvalue weighted by Crippen LogP contribution is -2.44. The lowest BCUT2D eigenvalue weighted by Gasteiger charge is -2.31. The summed E-state index contributed by atoms with van der Waals surface area (Å²) in [6.45, 7) is 3.83. The molecule has 0 radical (unpaired) electrons. The SMILES string of the molecule is Cc1cc(C)nc(OC2CCCN(S(=O)(=O)c3cccc(C(F)(F)F)c3)C2)n1. The summed E-state index contributed by atoms with van der Waals surface area (Å²) in [6, 6.07) is 5.73. The van der Waals surface area contributed by atoms with E-state index >= 15 is 0 Å². The van der Waals surface area contributed by atoms with Gasteiger partial charge in [0.25, 0.3) is 0 Å². The van der Waals surface area contributed by atoms with E-state index in [0.717, 1.165) is 27.8 Å². The normalized spacial score (nSPS) is 18.8. The smallest absolute Gasteiger partial charge is 0.416 e. The number of aromatic nitrogens is 2. The molecule has 1 aliphatic rings. The van der Waals surface area contributed by atoms with Crippen LogP contribution in [0.25, 0.3) is 0 Å². The molecular formula is C18H20F3N3O3S. The molecule has 0 spiro atoms. The molecule has 0 bridgehead atoms. The van der Waals surface area contributed by atoms with Gasteiger partial charge in [-0.25, -0.2) is 18.4 Å². The van der Waals surface area contributed by atoms with Gasteiger partial charge in [-0.15, -0.1) is 0 Å². The lowest BCUT2D eigenvalue weighted by atomic mass is 10.1. The first-order valence-electron chi connectivity index (χ1n) is 8.72. The number of nitrogens with zero attached hydrogens (tertiary/aromatic N) is 3. The van der Waals surface area contributed by atoms with Crippen molar-refractivity contribution in [1.82, 2.24) is 14.3 Å². The third-order valence-electron chi connectivity index (χ3n) is 4.37. The fourth-order valence-corrected chi connectivity index (χ4v) is 4.65. The number of piperidine rings is 1. The van der Waals surface area contributed by atoms with Gasteiger partial charge in [0.15, 0.2) is 0 Å². The highest BCUT2D eigenvalue weighted by atomic mass is 32.2. The second-order valence-electron chi connectivity index (χ2n) is 6.70. The van der Waals surface area contributed by atoms with Gasteiger partial charge in [0.05, 0.1) is 17.0 Å². The van der Waals surface area contributed by atoms with Crippen LogP contribution in [0.4, 0.5) is 13.2 Å². The summed E-state index contributed by atoms with van der Waals surface area (Å²) in [4.78, 5) is 7.99. The molecule has 6 nitrogen and oxygen atoms in total. The standard InChI is InChI=1S/C18H20F3N3O3S/c1-12-9-13(2)23-17(22-12)27-15-6-4-8-24(11-15)28(25,26)16-7-3-5-14(10-16)18(19,20)21/h3,5,7,9-10,15H,4,6,8,11H2,1-2H3. The average molecular weight is 415 g/mol. The molecule has 152 valence electrons. The Balaban J connectivity index is 1.79. The van der Waals surface area contributed by atoms with Crippen molar-refractivity contribution in [3.63, 3.8) is 0 Å². The summed E-state index contributed by atoms with van der Waals surface area (Å²) in [5.41, 5.74) is 0.459. The molecule has 2 aromatic rings. The Morgan fingerprint density at radius 3 is 2.46 bits per heavy atom. The molecule has 1 atom stereocenters. The summed E-state index contributed by atoms with van der Waals surface area (Å²) in [5, 5.41) is 0. The molecule has 28 heavy (non-hydrogen) atoms. The zero-order valence-corrected chi connectivity index (χ0v) is 16.2. The number of hydrogen-bond acceptors (Lipinski definition) is 5. The van der Waals surface area contributed by atoms with Crippen LogP contribution >= 0.6 is 0 Å². The van der Waals surface area contributed by atoms with Gasteiger partial charge in [0.1, 0.15) is 6.10 Å². The van der Waals surface area contributed by atoms with Crippen molar-refractivity contribution in [2.75, 3.05) is 13.1 Å². The largest absolute Gasteiger partial charge is 0.459 e. The first kappa shape index (κ1) is 20.5. The Bertz CT molecular complexity index is 944. The molecule has 0 saturated carbocycles. The number of hydrogen-bond donors (Lipinski definition) is 0. The highest BCUT2D eigenvalue weighted by Crippen LogP contribution is 2.31. The Kier molecular flexibility index (Phi) is 5.62. The van der Waals surface area contributed by atoms with Crippen LogP contribution in [-0.2, 0) is 16.2 Å². The van der Waals surface area contributed by atoms with Gasteiger partial charge < -0.3 is 4.74 Å². The van der Waals surface area contributed by atoms with E-state index in [4.69, 9.17) is 4.74 Å². The minimum atomic E-state index is -4.61. The van der Waals surface area contributed by atoms with Gasteiger partial charge in [0, 0.05) is 17.9 Å². The summed E-state index contributed by atoms with van der Waals surface area (Å²) in [6.07, 6.45) is -3.96. The van der Waals surface area contributed by atoms with E-state index in [-0.39, 0.29) is 24.0 Å². The minimum Gasteiger partial charge on any atom is -0.459 e. The monoisotopic (exact) mass is 415 g/mol. The van der Waals surface area contributed by atoms with E-state index in [2.05, 4.69) is 9.97 Å². The second kappa shape index (κ2) is 7.67. The zero-order valence-electron chi connectivity index (χ0n) is 15.4. The molecule has 1 fully saturated rings. The van der Waals surface area contributed by atoms with Crippen molar-refractivity contribution < 1.29 is 26.3 Å². The summed E-state index contributed by atoms with van der Waals surface area (Å²) >= 11 is 0. The molecule has 2 heterocycles. The summed E-state index contributed by atoms with van der Waals surface area (Å²) < 4.78 is 71.4. The van der Waals surface area contributed by atoms with E-state index in [1.165, 1.54) is 6.07 Å². The number of ether oxygens (including phenoxy) is 1. The average Bonchev–Trinajstić information content (AvgIpc) is 2.60. The van der Waals surface area contributed by atoms with Crippen molar-refractivity contribution in [2.24, 2.45) is 0 Å². The fraction of sp³-hybridized carbons (Fsp3) is 0.444. The van der Waals surface area contributed by atoms with Crippen LogP contribution in [0.15, 0.2) is 35.2 Å². The van der Waals surface area contributed by atoms with Crippen LogP contribution < -0.4 is 4.74 Å². The van der Waals surface area contributed by atoms with E-state index in [9.17, 15) is 21.6 Å². The number of aryl methyl sites for hydroxylation is 2. The fourth-order valence-electron chi connectivity index (χ4n) is 3.10. The number of sulfonamides is 1. The maximum absolute atomic E-state index is 12.9. The predicted molar refractivity (Wildman–Crippen MR) is 95.4 cm³/mol. The highest BCUT2D eigenvalue weighted by Gasteiger charge is 2.35. The third kappa shape index (κ3) is 4.61.